The number of carbonyl (C=O) groups excluding carboxylic acids is 1. The Balaban J connectivity index is 1.32. The van der Waals surface area contributed by atoms with E-state index in [1.54, 1.807) is 0 Å². The number of carboxylic acids is 1. The Morgan fingerprint density at radius 1 is 0.844 bits per heavy atom. The molecule has 3 aromatic rings. The topological polar surface area (TPSA) is 52.6 Å². The van der Waals surface area contributed by atoms with E-state index in [9.17, 15) is 40.6 Å². The van der Waals surface area contributed by atoms with Gasteiger partial charge in [-0.1, -0.05) is 42.5 Å². The lowest BCUT2D eigenvalue weighted by atomic mass is 9.68. The van der Waals surface area contributed by atoms with Crippen LogP contribution in [-0.2, 0) is 27.3 Å². The molecule has 2 fully saturated rings. The van der Waals surface area contributed by atoms with Crippen LogP contribution >= 0.6 is 0 Å². The summed E-state index contributed by atoms with van der Waals surface area (Å²) in [6, 6.07) is 16.8. The van der Waals surface area contributed by atoms with Gasteiger partial charge in [0.25, 0.3) is 0 Å². The van der Waals surface area contributed by atoms with E-state index in [1.807, 2.05) is 42.5 Å². The molecule has 5 rings (SSSR count). The molecular weight excluding hydrogens is 603 g/mol. The van der Waals surface area contributed by atoms with Crippen LogP contribution < -0.4 is 5.11 Å². The minimum Gasteiger partial charge on any atom is -0.547 e. The van der Waals surface area contributed by atoms with Crippen molar-refractivity contribution >= 4 is 5.97 Å². The number of rotatable bonds is 8. The summed E-state index contributed by atoms with van der Waals surface area (Å²) >= 11 is 0. The maximum absolute atomic E-state index is 13.5. The molecule has 0 aromatic heterocycles. The molecule has 1 heterocycles. The third-order valence-electron chi connectivity index (χ3n) is 9.34. The quantitative estimate of drug-likeness (QED) is 0.242. The van der Waals surface area contributed by atoms with Crippen molar-refractivity contribution in [2.45, 2.75) is 74.4 Å². The highest BCUT2D eigenvalue weighted by Gasteiger charge is 2.41. The fourth-order valence-corrected chi connectivity index (χ4v) is 6.83. The summed E-state index contributed by atoms with van der Waals surface area (Å²) in [6.07, 6.45) is -7.90. The molecule has 1 aliphatic carbocycles. The van der Waals surface area contributed by atoms with E-state index in [0.29, 0.717) is 30.9 Å². The van der Waals surface area contributed by atoms with Crippen molar-refractivity contribution < 1.29 is 45.4 Å². The molecule has 1 atom stereocenters. The van der Waals surface area contributed by atoms with Gasteiger partial charge in [0.2, 0.25) is 0 Å². The summed E-state index contributed by atoms with van der Waals surface area (Å²) in [5, 5.41) is 12.1. The van der Waals surface area contributed by atoms with Gasteiger partial charge in [-0.25, -0.2) is 4.39 Å². The maximum Gasteiger partial charge on any atom is 0.416 e. The number of nitrogens with zero attached hydrogens (tertiary/aromatic N) is 1. The van der Waals surface area contributed by atoms with E-state index in [0.717, 1.165) is 49.9 Å². The highest BCUT2D eigenvalue weighted by molar-refractivity contribution is 5.72. The molecule has 0 radical (unpaired) electrons. The van der Waals surface area contributed by atoms with Gasteiger partial charge in [-0.05, 0) is 105 Å². The summed E-state index contributed by atoms with van der Waals surface area (Å²) < 4.78 is 100.0. The summed E-state index contributed by atoms with van der Waals surface area (Å²) in [4.78, 5) is 14.5. The molecule has 3 aromatic carbocycles. The molecule has 242 valence electrons. The van der Waals surface area contributed by atoms with Gasteiger partial charge in [-0.3, -0.25) is 0 Å². The van der Waals surface area contributed by atoms with Crippen LogP contribution in [0.1, 0.15) is 78.4 Å². The number of hydrogen-bond donors (Lipinski definition) is 0. The lowest BCUT2D eigenvalue weighted by Crippen LogP contribution is -2.47. The van der Waals surface area contributed by atoms with Crippen LogP contribution in [0.4, 0.5) is 30.7 Å². The Morgan fingerprint density at radius 3 is 1.91 bits per heavy atom. The van der Waals surface area contributed by atoms with Crippen LogP contribution in [0.2, 0.25) is 0 Å². The van der Waals surface area contributed by atoms with Crippen LogP contribution in [0.3, 0.4) is 0 Å². The SMILES string of the molecule is O=C([O-])C(OCC1(c2ccccc2)CCC(N2CCC(c3ccc(F)cc3)CC2)CC1)c1cc(C(F)(F)F)cc(C(F)(F)F)c1. The van der Waals surface area contributed by atoms with Gasteiger partial charge in [0, 0.05) is 11.5 Å². The predicted octanol–water partition coefficient (Wildman–Crippen LogP) is 7.43. The minimum atomic E-state index is -5.14. The van der Waals surface area contributed by atoms with Gasteiger partial charge in [-0.2, -0.15) is 26.3 Å². The van der Waals surface area contributed by atoms with Crippen LogP contribution in [0, 0.1) is 5.82 Å². The lowest BCUT2D eigenvalue weighted by Gasteiger charge is -2.46. The normalized spacial score (nSPS) is 22.7. The Bertz CT molecular complexity index is 1410. The Morgan fingerprint density at radius 2 is 1.40 bits per heavy atom. The van der Waals surface area contributed by atoms with Crippen LogP contribution in [0.15, 0.2) is 72.8 Å². The Kier molecular flexibility index (Phi) is 9.60. The fraction of sp³-hybridized carbons (Fsp3) is 0.441. The van der Waals surface area contributed by atoms with Gasteiger partial charge < -0.3 is 19.5 Å². The van der Waals surface area contributed by atoms with Crippen molar-refractivity contribution in [1.82, 2.24) is 4.90 Å². The molecule has 1 saturated heterocycles. The number of aliphatic carboxylic acids is 1. The number of alkyl halides is 6. The average molecular weight is 637 g/mol. The van der Waals surface area contributed by atoms with E-state index >= 15 is 0 Å². The molecule has 45 heavy (non-hydrogen) atoms. The Hall–Kier alpha value is -3.44. The van der Waals surface area contributed by atoms with E-state index in [1.165, 1.54) is 12.1 Å². The molecule has 1 aliphatic heterocycles. The number of benzene rings is 3. The third kappa shape index (κ3) is 7.69. The molecule has 11 heteroatoms. The molecule has 0 bridgehead atoms. The highest BCUT2D eigenvalue weighted by Crippen LogP contribution is 2.44. The molecule has 0 amide bonds. The molecular formula is C34H33F7NO3-. The molecule has 1 unspecified atom stereocenters. The highest BCUT2D eigenvalue weighted by atomic mass is 19.4. The van der Waals surface area contributed by atoms with Crippen molar-refractivity contribution in [3.8, 4) is 0 Å². The van der Waals surface area contributed by atoms with Gasteiger partial charge in [0.15, 0.2) is 0 Å². The summed E-state index contributed by atoms with van der Waals surface area (Å²) in [5.41, 5.74) is -2.75. The number of carboxylic acid groups (broad SMARTS) is 1. The lowest BCUT2D eigenvalue weighted by molar-refractivity contribution is -0.318. The second-order valence-corrected chi connectivity index (χ2v) is 12.1. The monoisotopic (exact) mass is 636 g/mol. The first-order chi connectivity index (χ1) is 21.2. The number of likely N-dealkylation sites (tertiary alicyclic amines) is 1. The number of piperidine rings is 1. The number of hydrogen-bond acceptors (Lipinski definition) is 4. The average Bonchev–Trinajstić information content (AvgIpc) is 3.01. The summed E-state index contributed by atoms with van der Waals surface area (Å²) in [7, 11) is 0. The van der Waals surface area contributed by atoms with Crippen LogP contribution in [0.25, 0.3) is 0 Å². The molecule has 2 aliphatic rings. The van der Waals surface area contributed by atoms with E-state index < -0.39 is 46.5 Å². The molecule has 1 saturated carbocycles. The molecule has 0 spiro atoms. The first-order valence-corrected chi connectivity index (χ1v) is 14.9. The number of carbonyl (C=O) groups is 1. The molecule has 4 nitrogen and oxygen atoms in total. The van der Waals surface area contributed by atoms with Crippen molar-refractivity contribution in [2.24, 2.45) is 0 Å². The second-order valence-electron chi connectivity index (χ2n) is 12.1. The van der Waals surface area contributed by atoms with E-state index in [4.69, 9.17) is 4.74 Å². The van der Waals surface area contributed by atoms with Crippen molar-refractivity contribution in [3.05, 3.63) is 106 Å². The summed E-state index contributed by atoms with van der Waals surface area (Å²) in [6.45, 7) is 1.50. The smallest absolute Gasteiger partial charge is 0.416 e. The fourth-order valence-electron chi connectivity index (χ4n) is 6.83. The van der Waals surface area contributed by atoms with Gasteiger partial charge in [0.05, 0.1) is 23.7 Å². The predicted molar refractivity (Wildman–Crippen MR) is 150 cm³/mol. The number of halogens is 7. The van der Waals surface area contributed by atoms with Crippen molar-refractivity contribution in [1.29, 1.82) is 0 Å². The Labute approximate surface area is 256 Å². The van der Waals surface area contributed by atoms with Crippen LogP contribution in [-0.4, -0.2) is 36.6 Å². The maximum atomic E-state index is 13.5. The van der Waals surface area contributed by atoms with Gasteiger partial charge in [0.1, 0.15) is 11.9 Å². The largest absolute Gasteiger partial charge is 0.547 e. The van der Waals surface area contributed by atoms with E-state index in [-0.39, 0.29) is 24.5 Å². The van der Waals surface area contributed by atoms with Crippen molar-refractivity contribution in [3.63, 3.8) is 0 Å². The standard InChI is InChI=1S/C34H34F7NO3/c35-28-8-6-22(7-9-28)23-12-16-42(17-13-23)29-10-14-32(15-11-29,25-4-2-1-3-5-25)21-45-30(31(43)44)24-18-26(33(36,37)38)20-27(19-24)34(39,40)41/h1-9,18-20,23,29-30H,10-17,21H2,(H,43,44)/p-1. The van der Waals surface area contributed by atoms with Crippen molar-refractivity contribution in [2.75, 3.05) is 19.7 Å². The molecule has 0 N–H and O–H groups in total. The third-order valence-corrected chi connectivity index (χ3v) is 9.34. The second kappa shape index (κ2) is 13.1. The van der Waals surface area contributed by atoms with Gasteiger partial charge in [-0.15, -0.1) is 0 Å². The zero-order valence-electron chi connectivity index (χ0n) is 24.3. The number of ether oxygens (including phenoxy) is 1. The summed E-state index contributed by atoms with van der Waals surface area (Å²) in [5.74, 6) is -1.85. The minimum absolute atomic E-state index is 0.0506. The van der Waals surface area contributed by atoms with E-state index in [2.05, 4.69) is 4.90 Å². The zero-order chi connectivity index (χ0) is 32.4. The van der Waals surface area contributed by atoms with Crippen LogP contribution in [0.5, 0.6) is 0 Å². The first kappa shape index (κ1) is 32.9. The first-order valence-electron chi connectivity index (χ1n) is 14.9. The van der Waals surface area contributed by atoms with Gasteiger partial charge >= 0.3 is 12.4 Å². The zero-order valence-corrected chi connectivity index (χ0v) is 24.3.